The van der Waals surface area contributed by atoms with Gasteiger partial charge in [0, 0.05) is 48.9 Å². The number of carboxylic acid groups (broad SMARTS) is 1. The summed E-state index contributed by atoms with van der Waals surface area (Å²) >= 11 is 0. The van der Waals surface area contributed by atoms with Gasteiger partial charge in [0.2, 0.25) is 15.7 Å². The number of amides is 2. The molecule has 50 heavy (non-hydrogen) atoms. The highest BCUT2D eigenvalue weighted by Crippen LogP contribution is 2.50. The molecule has 1 aliphatic carbocycles. The van der Waals surface area contributed by atoms with Crippen LogP contribution in [0.2, 0.25) is 0 Å². The molecule has 3 aromatic rings. The number of rotatable bonds is 11. The molecule has 3 fully saturated rings. The topological polar surface area (TPSA) is 143 Å². The number of hydrogen-bond donors (Lipinski definition) is 3. The quantitative estimate of drug-likeness (QED) is 0.212. The summed E-state index contributed by atoms with van der Waals surface area (Å²) in [5.41, 5.74) is 0.965. The van der Waals surface area contributed by atoms with E-state index in [9.17, 15) is 32.8 Å². The van der Waals surface area contributed by atoms with Crippen LogP contribution >= 0.6 is 0 Å². The van der Waals surface area contributed by atoms with Gasteiger partial charge in [0.25, 0.3) is 0 Å². The van der Waals surface area contributed by atoms with Crippen molar-refractivity contribution in [2.24, 2.45) is 17.8 Å². The van der Waals surface area contributed by atoms with E-state index in [1.807, 2.05) is 18.2 Å². The summed E-state index contributed by atoms with van der Waals surface area (Å²) in [6, 6.07) is 21.6. The van der Waals surface area contributed by atoms with Gasteiger partial charge < -0.3 is 25.5 Å². The number of nitriles is 1. The molecule has 2 aliphatic heterocycles. The highest BCUT2D eigenvalue weighted by molar-refractivity contribution is 7.91. The number of nitrogens with zero attached hydrogens (tertiary/aromatic N) is 3. The first-order valence-corrected chi connectivity index (χ1v) is 18.5. The van der Waals surface area contributed by atoms with Crippen LogP contribution in [0.4, 0.5) is 20.6 Å². The zero-order valence-corrected chi connectivity index (χ0v) is 28.6. The summed E-state index contributed by atoms with van der Waals surface area (Å²) in [6.07, 6.45) is 3.73. The third-order valence-electron chi connectivity index (χ3n) is 10.7. The minimum Gasteiger partial charge on any atom is -0.465 e. The van der Waals surface area contributed by atoms with Crippen LogP contribution < -0.4 is 15.5 Å². The summed E-state index contributed by atoms with van der Waals surface area (Å²) in [7, 11) is -3.79. The van der Waals surface area contributed by atoms with E-state index >= 15 is 0 Å². The molecule has 0 bridgehead atoms. The molecule has 3 aliphatic rings. The number of nitrogens with one attached hydrogen (secondary N) is 2. The largest absolute Gasteiger partial charge is 0.465 e. The Hall–Kier alpha value is -4.73. The van der Waals surface area contributed by atoms with Crippen molar-refractivity contribution in [2.75, 3.05) is 42.9 Å². The number of anilines is 2. The second-order valence-corrected chi connectivity index (χ2v) is 15.6. The van der Waals surface area contributed by atoms with E-state index < -0.39 is 33.1 Å². The van der Waals surface area contributed by atoms with Crippen molar-refractivity contribution in [2.45, 2.75) is 53.4 Å². The van der Waals surface area contributed by atoms with Crippen LogP contribution in [0.25, 0.3) is 0 Å². The number of benzene rings is 3. The molecule has 3 N–H and O–H groups in total. The van der Waals surface area contributed by atoms with Crippen molar-refractivity contribution >= 4 is 33.2 Å². The summed E-state index contributed by atoms with van der Waals surface area (Å²) in [5.74, 6) is -0.655. The average molecular weight is 700 g/mol. The summed E-state index contributed by atoms with van der Waals surface area (Å²) in [5, 5.41) is 25.6. The first-order valence-electron chi connectivity index (χ1n) is 17.1. The molecule has 2 amide bonds. The Kier molecular flexibility index (Phi) is 10.3. The van der Waals surface area contributed by atoms with E-state index in [4.69, 9.17) is 0 Å². The van der Waals surface area contributed by atoms with E-state index in [0.29, 0.717) is 30.0 Å². The SMILES string of the molecule is C=CC(=O)Nc1cccc(S(=O)(=O)c2ccc(N3CC(CN4CCC([C@@](C#N)(c5cccc(F)c5)[C@H]5CCC[C@@H]5NC(=O)O)CC4)C3)cc2)c1. The standard InChI is InChI=1S/C38H42FN5O5S/c1-2-36(45)41-30-8-4-9-33(21-30)50(48,49)32-14-12-31(13-15-32)44-23-26(24-44)22-43-18-16-27(17-19-43)38(25-40,28-6-3-7-29(39)20-28)34-10-5-11-35(34)42-37(46)47/h2-4,6-9,12-15,20-21,26-27,34-35,42H,1,5,10-11,16-19,22-24H2,(H,41,45)(H,46,47)/t34-,35-,38-/m0/s1. The van der Waals surface area contributed by atoms with Crippen LogP contribution in [0.3, 0.4) is 0 Å². The van der Waals surface area contributed by atoms with Gasteiger partial charge in [-0.3, -0.25) is 4.79 Å². The molecule has 262 valence electrons. The number of sulfone groups is 1. The Labute approximate surface area is 292 Å². The molecule has 0 radical (unpaired) electrons. The van der Waals surface area contributed by atoms with Gasteiger partial charge >= 0.3 is 6.09 Å². The summed E-state index contributed by atoms with van der Waals surface area (Å²) in [6.45, 7) is 7.60. The highest BCUT2D eigenvalue weighted by Gasteiger charge is 2.52. The highest BCUT2D eigenvalue weighted by atomic mass is 32.2. The predicted octanol–water partition coefficient (Wildman–Crippen LogP) is 5.83. The van der Waals surface area contributed by atoms with E-state index in [1.54, 1.807) is 30.3 Å². The molecule has 0 spiro atoms. The number of piperidine rings is 1. The maximum atomic E-state index is 14.5. The van der Waals surface area contributed by atoms with E-state index in [-0.39, 0.29) is 27.7 Å². The number of likely N-dealkylation sites (tertiary alicyclic amines) is 1. The van der Waals surface area contributed by atoms with Gasteiger partial charge in [-0.05, 0) is 111 Å². The molecule has 1 saturated carbocycles. The Balaban J connectivity index is 1.06. The minimum absolute atomic E-state index is 0.0344. The molecule has 2 heterocycles. The van der Waals surface area contributed by atoms with Crippen molar-refractivity contribution in [3.05, 3.63) is 96.8 Å². The van der Waals surface area contributed by atoms with Crippen molar-refractivity contribution in [3.8, 4) is 6.07 Å². The molecule has 3 atom stereocenters. The van der Waals surface area contributed by atoms with Crippen LogP contribution in [0, 0.1) is 34.9 Å². The molecular weight excluding hydrogens is 658 g/mol. The number of halogens is 1. The van der Waals surface area contributed by atoms with Crippen molar-refractivity contribution in [3.63, 3.8) is 0 Å². The van der Waals surface area contributed by atoms with Gasteiger partial charge in [-0.1, -0.05) is 31.2 Å². The smallest absolute Gasteiger partial charge is 0.404 e. The van der Waals surface area contributed by atoms with Crippen LogP contribution in [0.15, 0.2) is 95.2 Å². The molecular formula is C38H42FN5O5S. The fraction of sp³-hybridized carbons (Fsp3) is 0.395. The third-order valence-corrected chi connectivity index (χ3v) is 12.5. The Bertz CT molecular complexity index is 1880. The van der Waals surface area contributed by atoms with E-state index in [2.05, 4.69) is 33.1 Å². The minimum atomic E-state index is -3.79. The van der Waals surface area contributed by atoms with Crippen molar-refractivity contribution < 1.29 is 27.5 Å². The lowest BCUT2D eigenvalue weighted by Crippen LogP contribution is -2.55. The molecule has 0 aromatic heterocycles. The first-order chi connectivity index (χ1) is 24.0. The maximum absolute atomic E-state index is 14.5. The van der Waals surface area contributed by atoms with Crippen LogP contribution in [0.5, 0.6) is 0 Å². The lowest BCUT2D eigenvalue weighted by Gasteiger charge is -2.48. The van der Waals surface area contributed by atoms with E-state index in [0.717, 1.165) is 63.7 Å². The molecule has 12 heteroatoms. The predicted molar refractivity (Wildman–Crippen MR) is 188 cm³/mol. The summed E-state index contributed by atoms with van der Waals surface area (Å²) < 4.78 is 41.1. The van der Waals surface area contributed by atoms with Crippen LogP contribution in [-0.2, 0) is 20.0 Å². The van der Waals surface area contributed by atoms with Gasteiger partial charge in [-0.15, -0.1) is 0 Å². The van der Waals surface area contributed by atoms with Crippen molar-refractivity contribution in [1.82, 2.24) is 10.2 Å². The van der Waals surface area contributed by atoms with Gasteiger partial charge in [0.15, 0.2) is 0 Å². The van der Waals surface area contributed by atoms with Crippen molar-refractivity contribution in [1.29, 1.82) is 5.26 Å². The number of hydrogen-bond acceptors (Lipinski definition) is 7. The Morgan fingerprint density at radius 2 is 1.72 bits per heavy atom. The second-order valence-electron chi connectivity index (χ2n) is 13.6. The van der Waals surface area contributed by atoms with Crippen LogP contribution in [-0.4, -0.2) is 69.2 Å². The molecule has 6 rings (SSSR count). The molecule has 2 saturated heterocycles. The molecule has 3 aromatic carbocycles. The van der Waals surface area contributed by atoms with Gasteiger partial charge in [0.1, 0.15) is 5.82 Å². The normalized spacial score (nSPS) is 21.4. The maximum Gasteiger partial charge on any atom is 0.404 e. The van der Waals surface area contributed by atoms with E-state index in [1.165, 1.54) is 24.3 Å². The lowest BCUT2D eigenvalue weighted by atomic mass is 9.59. The van der Waals surface area contributed by atoms with Gasteiger partial charge in [-0.25, -0.2) is 17.6 Å². The average Bonchev–Trinajstić information content (AvgIpc) is 3.55. The van der Waals surface area contributed by atoms with Gasteiger partial charge in [0.05, 0.1) is 21.3 Å². The monoisotopic (exact) mass is 699 g/mol. The zero-order valence-electron chi connectivity index (χ0n) is 27.8. The Morgan fingerprint density at radius 3 is 2.38 bits per heavy atom. The first kappa shape index (κ1) is 35.1. The fourth-order valence-electron chi connectivity index (χ4n) is 8.31. The fourth-order valence-corrected chi connectivity index (χ4v) is 9.62. The second kappa shape index (κ2) is 14.6. The molecule has 10 nitrogen and oxygen atoms in total. The molecule has 0 unspecified atom stereocenters. The zero-order chi connectivity index (χ0) is 35.5. The lowest BCUT2D eigenvalue weighted by molar-refractivity contribution is -0.111. The number of carbonyl (C=O) groups is 2. The Morgan fingerprint density at radius 1 is 1.00 bits per heavy atom. The third kappa shape index (κ3) is 7.11. The number of carbonyl (C=O) groups excluding carboxylic acids is 1. The van der Waals surface area contributed by atoms with Gasteiger partial charge in [-0.2, -0.15) is 5.26 Å². The summed E-state index contributed by atoms with van der Waals surface area (Å²) in [4.78, 5) is 28.2. The van der Waals surface area contributed by atoms with Crippen LogP contribution in [0.1, 0.15) is 37.7 Å².